The summed E-state index contributed by atoms with van der Waals surface area (Å²) in [5, 5.41) is 7.64. The number of hydrogen-bond donors (Lipinski definition) is 1. The van der Waals surface area contributed by atoms with Crippen molar-refractivity contribution in [3.63, 3.8) is 0 Å². The van der Waals surface area contributed by atoms with E-state index in [1.807, 2.05) is 32.9 Å². The van der Waals surface area contributed by atoms with Gasteiger partial charge in [0, 0.05) is 29.7 Å². The molecule has 0 spiro atoms. The van der Waals surface area contributed by atoms with Crippen LogP contribution in [0.15, 0.2) is 30.7 Å². The molecule has 12 heteroatoms. The predicted octanol–water partition coefficient (Wildman–Crippen LogP) is 4.09. The van der Waals surface area contributed by atoms with Crippen molar-refractivity contribution in [1.29, 1.82) is 0 Å². The van der Waals surface area contributed by atoms with Crippen LogP contribution in [-0.2, 0) is 27.3 Å². The first kappa shape index (κ1) is 27.9. The summed E-state index contributed by atoms with van der Waals surface area (Å²) in [7, 11) is 0. The van der Waals surface area contributed by atoms with Crippen molar-refractivity contribution in [3.05, 3.63) is 52.4 Å². The Labute approximate surface area is 235 Å². The second kappa shape index (κ2) is 9.76. The highest BCUT2D eigenvalue weighted by Gasteiger charge is 2.72. The lowest BCUT2D eigenvalue weighted by molar-refractivity contribution is -0.143. The normalized spacial score (nSPS) is 25.4. The third-order valence-electron chi connectivity index (χ3n) is 8.11. The van der Waals surface area contributed by atoms with Crippen LogP contribution in [0, 0.1) is 24.2 Å². The van der Waals surface area contributed by atoms with Crippen molar-refractivity contribution >= 4 is 41.3 Å². The van der Waals surface area contributed by atoms with E-state index in [1.165, 1.54) is 11.2 Å². The number of nitrogens with one attached hydrogen (secondary N) is 1. The molecule has 208 valence electrons. The number of nitrogens with zero attached hydrogens (tertiary/aromatic N) is 4. The van der Waals surface area contributed by atoms with Gasteiger partial charge in [-0.3, -0.25) is 14.5 Å². The molecule has 3 fully saturated rings. The van der Waals surface area contributed by atoms with E-state index in [9.17, 15) is 18.4 Å². The largest absolute Gasteiger partial charge is 0.370 e. The van der Waals surface area contributed by atoms with Gasteiger partial charge in [-0.2, -0.15) is 5.10 Å². The second-order valence-corrected chi connectivity index (χ2v) is 11.6. The van der Waals surface area contributed by atoms with Gasteiger partial charge in [0.2, 0.25) is 11.8 Å². The number of imide groups is 1. The molecule has 3 aliphatic rings. The molecule has 2 aromatic heterocycles. The van der Waals surface area contributed by atoms with Crippen LogP contribution in [0.3, 0.4) is 0 Å². The van der Waals surface area contributed by atoms with Crippen molar-refractivity contribution < 1.29 is 23.1 Å². The number of hydrogen-bond acceptors (Lipinski definition) is 6. The fourth-order valence-corrected chi connectivity index (χ4v) is 6.27. The number of fused-ring (bicyclic) bond motifs is 2. The van der Waals surface area contributed by atoms with Gasteiger partial charge in [0.05, 0.1) is 42.2 Å². The molecule has 4 heterocycles. The number of carbonyl (C=O) groups excluding carboxylic acids is 2. The minimum absolute atomic E-state index is 0. The number of aromatic nitrogens is 3. The highest BCUT2D eigenvalue weighted by molar-refractivity contribution is 6.31. The van der Waals surface area contributed by atoms with E-state index in [2.05, 4.69) is 15.4 Å². The number of halogens is 4. The Morgan fingerprint density at radius 2 is 1.90 bits per heavy atom. The molecule has 39 heavy (non-hydrogen) atoms. The second-order valence-electron chi connectivity index (χ2n) is 11.2. The molecule has 0 bridgehead atoms. The SMILES string of the molecule is Cc1cc(Cl)cc(-c2ncnn3cc(CN4C(=O)C5C(C4=O)C5(C)C)cc23)c1CC1CNCC(F)(F)CO1.Cl. The van der Waals surface area contributed by atoms with Gasteiger partial charge in [-0.05, 0) is 47.2 Å². The molecule has 3 unspecified atom stereocenters. The van der Waals surface area contributed by atoms with Gasteiger partial charge in [-0.1, -0.05) is 25.4 Å². The molecule has 0 radical (unpaired) electrons. The van der Waals surface area contributed by atoms with Gasteiger partial charge >= 0.3 is 0 Å². The Hall–Kier alpha value is -2.66. The summed E-state index contributed by atoms with van der Waals surface area (Å²) in [5.74, 6) is -3.63. The molecule has 6 rings (SSSR count). The quantitative estimate of drug-likeness (QED) is 0.458. The summed E-state index contributed by atoms with van der Waals surface area (Å²) in [6, 6.07) is 5.51. The summed E-state index contributed by atoms with van der Waals surface area (Å²) < 4.78 is 34.9. The number of amides is 2. The summed E-state index contributed by atoms with van der Waals surface area (Å²) in [5.41, 5.74) is 4.33. The number of aryl methyl sites for hydroxylation is 1. The van der Waals surface area contributed by atoms with Gasteiger partial charge in [-0.15, -0.1) is 12.4 Å². The van der Waals surface area contributed by atoms with Crippen molar-refractivity contribution in [3.8, 4) is 11.3 Å². The van der Waals surface area contributed by atoms with Crippen LogP contribution in [0.5, 0.6) is 0 Å². The molecule has 1 aromatic carbocycles. The molecule has 1 N–H and O–H groups in total. The summed E-state index contributed by atoms with van der Waals surface area (Å²) in [6.07, 6.45) is 3.15. The van der Waals surface area contributed by atoms with Crippen molar-refractivity contribution in [2.75, 3.05) is 19.7 Å². The molecule has 2 aliphatic heterocycles. The standard InChI is InChI=1S/C27H28ClF2N5O3.ClH/c1-14-4-16(28)6-19(18(14)7-17-8-31-11-27(29,30)12-38-17)23-20-5-15(10-35(20)33-13-32-23)9-34-24(36)21-22(25(34)37)26(21,2)3;/h4-6,10,13,17,21-22,31H,7-9,11-12H2,1-3H3;1H. The summed E-state index contributed by atoms with van der Waals surface area (Å²) >= 11 is 6.45. The molecular formula is C27H29Cl2F2N5O3. The van der Waals surface area contributed by atoms with E-state index in [0.29, 0.717) is 29.2 Å². The first-order valence-electron chi connectivity index (χ1n) is 12.6. The minimum Gasteiger partial charge on any atom is -0.370 e. The summed E-state index contributed by atoms with van der Waals surface area (Å²) in [4.78, 5) is 31.6. The van der Waals surface area contributed by atoms with Crippen LogP contribution in [0.1, 0.15) is 30.5 Å². The van der Waals surface area contributed by atoms with Crippen LogP contribution in [0.2, 0.25) is 5.02 Å². The maximum Gasteiger partial charge on any atom is 0.283 e. The monoisotopic (exact) mass is 579 g/mol. The van der Waals surface area contributed by atoms with Crippen LogP contribution in [0.4, 0.5) is 8.78 Å². The number of alkyl halides is 2. The van der Waals surface area contributed by atoms with Gasteiger partial charge < -0.3 is 10.1 Å². The molecule has 3 atom stereocenters. The highest BCUT2D eigenvalue weighted by Crippen LogP contribution is 2.63. The Kier molecular flexibility index (Phi) is 6.98. The van der Waals surface area contributed by atoms with Gasteiger partial charge in [-0.25, -0.2) is 18.3 Å². The van der Waals surface area contributed by atoms with Crippen LogP contribution < -0.4 is 5.32 Å². The van der Waals surface area contributed by atoms with Gasteiger partial charge in [0.15, 0.2) is 0 Å². The zero-order chi connectivity index (χ0) is 27.0. The number of piperidine rings is 1. The number of ether oxygens (including phenoxy) is 1. The lowest BCUT2D eigenvalue weighted by atomic mass is 9.94. The minimum atomic E-state index is -2.91. The zero-order valence-corrected chi connectivity index (χ0v) is 23.3. The number of carbonyl (C=O) groups is 2. The Balaban J connectivity index is 0.00000308. The van der Waals surface area contributed by atoms with Crippen molar-refractivity contribution in [1.82, 2.24) is 24.8 Å². The van der Waals surface area contributed by atoms with Crippen LogP contribution in [-0.4, -0.2) is 63.0 Å². The predicted molar refractivity (Wildman–Crippen MR) is 143 cm³/mol. The first-order valence-corrected chi connectivity index (χ1v) is 13.0. The van der Waals surface area contributed by atoms with Crippen LogP contribution in [0.25, 0.3) is 16.8 Å². The maximum atomic E-state index is 13.8. The molecule has 2 saturated heterocycles. The highest BCUT2D eigenvalue weighted by atomic mass is 35.5. The van der Waals surface area contributed by atoms with E-state index in [1.54, 1.807) is 16.8 Å². The zero-order valence-electron chi connectivity index (χ0n) is 21.7. The fraction of sp³-hybridized carbons (Fsp3) is 0.481. The molecule has 1 aliphatic carbocycles. The lowest BCUT2D eigenvalue weighted by Crippen LogP contribution is -2.35. The van der Waals surface area contributed by atoms with E-state index in [-0.39, 0.29) is 48.0 Å². The lowest BCUT2D eigenvalue weighted by Gasteiger charge is -2.20. The van der Waals surface area contributed by atoms with Gasteiger partial charge in [0.25, 0.3) is 5.92 Å². The van der Waals surface area contributed by atoms with E-state index >= 15 is 0 Å². The van der Waals surface area contributed by atoms with Crippen LogP contribution >= 0.6 is 24.0 Å². The average molecular weight is 580 g/mol. The molecule has 2 amide bonds. The number of benzene rings is 1. The van der Waals surface area contributed by atoms with E-state index in [4.69, 9.17) is 16.3 Å². The number of rotatable bonds is 5. The molecule has 3 aromatic rings. The molecular weight excluding hydrogens is 551 g/mol. The molecule has 1 saturated carbocycles. The fourth-order valence-electron chi connectivity index (χ4n) is 6.00. The third-order valence-corrected chi connectivity index (χ3v) is 8.32. The average Bonchev–Trinajstić information content (AvgIpc) is 3.11. The Morgan fingerprint density at radius 1 is 1.18 bits per heavy atom. The van der Waals surface area contributed by atoms with E-state index < -0.39 is 25.2 Å². The number of likely N-dealkylation sites (tertiary alicyclic amines) is 1. The topological polar surface area (TPSA) is 88.8 Å². The van der Waals surface area contributed by atoms with Crippen molar-refractivity contribution in [2.45, 2.75) is 45.8 Å². The van der Waals surface area contributed by atoms with Gasteiger partial charge in [0.1, 0.15) is 12.9 Å². The first-order chi connectivity index (χ1) is 18.0. The summed E-state index contributed by atoms with van der Waals surface area (Å²) in [6.45, 7) is 5.23. The Morgan fingerprint density at radius 3 is 2.62 bits per heavy atom. The smallest absolute Gasteiger partial charge is 0.283 e. The maximum absolute atomic E-state index is 13.8. The third kappa shape index (κ3) is 4.81. The Bertz CT molecular complexity index is 1450. The molecule has 8 nitrogen and oxygen atoms in total. The van der Waals surface area contributed by atoms with Crippen molar-refractivity contribution in [2.24, 2.45) is 17.3 Å². The van der Waals surface area contributed by atoms with E-state index in [0.717, 1.165) is 22.3 Å².